The number of nitrogens with zero attached hydrogens (tertiary/aromatic N) is 4. The van der Waals surface area contributed by atoms with E-state index in [-0.39, 0.29) is 29.5 Å². The fourth-order valence-electron chi connectivity index (χ4n) is 4.50. The van der Waals surface area contributed by atoms with Gasteiger partial charge in [0.15, 0.2) is 5.96 Å². The SMILES string of the molecule is CCC(CC)(CNC(=NC)N1CCC(c2cnn(C)c2)C1)NC(C)c1ccccc1.I. The molecule has 1 aromatic heterocycles. The van der Waals surface area contributed by atoms with Crippen LogP contribution in [0.15, 0.2) is 47.7 Å². The van der Waals surface area contributed by atoms with E-state index in [1.165, 1.54) is 11.1 Å². The van der Waals surface area contributed by atoms with Crippen molar-refractivity contribution in [2.75, 3.05) is 26.7 Å². The molecule has 0 spiro atoms. The largest absolute Gasteiger partial charge is 0.354 e. The minimum Gasteiger partial charge on any atom is -0.354 e. The Morgan fingerprint density at radius 3 is 2.55 bits per heavy atom. The highest BCUT2D eigenvalue weighted by Gasteiger charge is 2.31. The van der Waals surface area contributed by atoms with Gasteiger partial charge in [-0.15, -0.1) is 24.0 Å². The first-order valence-corrected chi connectivity index (χ1v) is 11.3. The zero-order valence-corrected chi connectivity index (χ0v) is 22.0. The molecular weight excluding hydrogens is 499 g/mol. The maximum Gasteiger partial charge on any atom is 0.193 e. The van der Waals surface area contributed by atoms with E-state index in [9.17, 15) is 0 Å². The first-order chi connectivity index (χ1) is 14.5. The van der Waals surface area contributed by atoms with E-state index in [2.05, 4.69) is 82.9 Å². The number of guanidine groups is 1. The van der Waals surface area contributed by atoms with Gasteiger partial charge in [0, 0.05) is 57.4 Å². The van der Waals surface area contributed by atoms with Crippen molar-refractivity contribution in [3.63, 3.8) is 0 Å². The summed E-state index contributed by atoms with van der Waals surface area (Å²) in [5.41, 5.74) is 2.67. The number of hydrogen-bond acceptors (Lipinski definition) is 3. The van der Waals surface area contributed by atoms with Gasteiger partial charge < -0.3 is 15.5 Å². The maximum atomic E-state index is 4.60. The summed E-state index contributed by atoms with van der Waals surface area (Å²) in [6.07, 6.45) is 7.39. The number of aromatic nitrogens is 2. The fourth-order valence-corrected chi connectivity index (χ4v) is 4.50. The molecule has 1 saturated heterocycles. The van der Waals surface area contributed by atoms with Gasteiger partial charge in [0.05, 0.1) is 6.20 Å². The number of aliphatic imine (C=N–C) groups is 1. The Bertz CT molecular complexity index is 814. The summed E-state index contributed by atoms with van der Waals surface area (Å²) in [7, 11) is 3.87. The summed E-state index contributed by atoms with van der Waals surface area (Å²) in [6, 6.07) is 11.0. The zero-order valence-electron chi connectivity index (χ0n) is 19.6. The van der Waals surface area contributed by atoms with Gasteiger partial charge in [0.25, 0.3) is 0 Å². The summed E-state index contributed by atoms with van der Waals surface area (Å²) in [4.78, 5) is 6.98. The fraction of sp³-hybridized carbons (Fsp3) is 0.583. The van der Waals surface area contributed by atoms with Crippen LogP contribution in [0.1, 0.15) is 63.1 Å². The molecule has 1 fully saturated rings. The normalized spacial score (nSPS) is 18.0. The molecule has 2 atom stereocenters. The molecule has 2 aromatic rings. The van der Waals surface area contributed by atoms with Crippen LogP contribution in [0.3, 0.4) is 0 Å². The van der Waals surface area contributed by atoms with Crippen LogP contribution in [0.2, 0.25) is 0 Å². The van der Waals surface area contributed by atoms with E-state index >= 15 is 0 Å². The third-order valence-corrected chi connectivity index (χ3v) is 6.66. The molecule has 7 heteroatoms. The Kier molecular flexibility index (Phi) is 9.81. The Morgan fingerprint density at radius 1 is 1.26 bits per heavy atom. The van der Waals surface area contributed by atoms with Crippen molar-refractivity contribution in [2.24, 2.45) is 12.0 Å². The van der Waals surface area contributed by atoms with Gasteiger partial charge in [-0.1, -0.05) is 44.2 Å². The summed E-state index contributed by atoms with van der Waals surface area (Å²) in [5, 5.41) is 11.9. The summed E-state index contributed by atoms with van der Waals surface area (Å²) in [5.74, 6) is 1.53. The van der Waals surface area contributed by atoms with Gasteiger partial charge >= 0.3 is 0 Å². The molecule has 0 saturated carbocycles. The van der Waals surface area contributed by atoms with E-state index < -0.39 is 0 Å². The van der Waals surface area contributed by atoms with Crippen molar-refractivity contribution in [2.45, 2.75) is 57.5 Å². The van der Waals surface area contributed by atoms with E-state index in [1.807, 2.05) is 25.0 Å². The van der Waals surface area contributed by atoms with Crippen molar-refractivity contribution in [3.05, 3.63) is 53.9 Å². The molecule has 2 unspecified atom stereocenters. The average molecular weight is 539 g/mol. The molecule has 2 N–H and O–H groups in total. The maximum absolute atomic E-state index is 4.60. The standard InChI is InChI=1S/C24H38N6.HI/c1-6-24(7-2,28-19(3)20-11-9-8-10-12-20)18-26-23(25-4)30-14-13-21(17-30)22-15-27-29(5)16-22;/h8-12,15-16,19,21,28H,6-7,13-14,17-18H2,1-5H3,(H,25,26);1H. The number of rotatable bonds is 8. The average Bonchev–Trinajstić information content (AvgIpc) is 3.43. The van der Waals surface area contributed by atoms with Gasteiger partial charge in [-0.05, 0) is 37.3 Å². The lowest BCUT2D eigenvalue weighted by Gasteiger charge is -2.37. The van der Waals surface area contributed by atoms with Gasteiger partial charge in [-0.3, -0.25) is 9.67 Å². The third-order valence-electron chi connectivity index (χ3n) is 6.66. The van der Waals surface area contributed by atoms with Gasteiger partial charge in [0.1, 0.15) is 0 Å². The second-order valence-corrected chi connectivity index (χ2v) is 8.54. The number of nitrogens with one attached hydrogen (secondary N) is 2. The van der Waals surface area contributed by atoms with Crippen LogP contribution in [-0.2, 0) is 7.05 Å². The monoisotopic (exact) mass is 538 g/mol. The second-order valence-electron chi connectivity index (χ2n) is 8.54. The zero-order chi connectivity index (χ0) is 21.6. The van der Waals surface area contributed by atoms with E-state index in [4.69, 9.17) is 0 Å². The summed E-state index contributed by atoms with van der Waals surface area (Å²) < 4.78 is 1.89. The lowest BCUT2D eigenvalue weighted by molar-refractivity contribution is 0.268. The van der Waals surface area contributed by atoms with Crippen molar-refractivity contribution in [1.82, 2.24) is 25.3 Å². The smallest absolute Gasteiger partial charge is 0.193 e. The highest BCUT2D eigenvalue weighted by molar-refractivity contribution is 14.0. The number of halogens is 1. The van der Waals surface area contributed by atoms with Crippen LogP contribution >= 0.6 is 24.0 Å². The molecule has 1 aliphatic heterocycles. The van der Waals surface area contributed by atoms with E-state index in [0.29, 0.717) is 12.0 Å². The molecule has 0 amide bonds. The van der Waals surface area contributed by atoms with Gasteiger partial charge in [-0.2, -0.15) is 5.10 Å². The number of benzene rings is 1. The van der Waals surface area contributed by atoms with Crippen LogP contribution in [0.5, 0.6) is 0 Å². The molecule has 0 aliphatic carbocycles. The molecule has 31 heavy (non-hydrogen) atoms. The lowest BCUT2D eigenvalue weighted by atomic mass is 9.90. The van der Waals surface area contributed by atoms with Crippen molar-refractivity contribution in [1.29, 1.82) is 0 Å². The molecule has 2 heterocycles. The molecular formula is C24H39IN6. The minimum absolute atomic E-state index is 0. The van der Waals surface area contributed by atoms with Crippen molar-refractivity contribution in [3.8, 4) is 0 Å². The third kappa shape index (κ3) is 6.44. The van der Waals surface area contributed by atoms with Crippen molar-refractivity contribution < 1.29 is 0 Å². The van der Waals surface area contributed by atoms with Crippen LogP contribution in [0, 0.1) is 0 Å². The predicted octanol–water partition coefficient (Wildman–Crippen LogP) is 4.31. The Morgan fingerprint density at radius 2 is 1.97 bits per heavy atom. The van der Waals surface area contributed by atoms with Crippen LogP contribution in [0.4, 0.5) is 0 Å². The summed E-state index contributed by atoms with van der Waals surface area (Å²) >= 11 is 0. The van der Waals surface area contributed by atoms with Gasteiger partial charge in [0.2, 0.25) is 0 Å². The lowest BCUT2D eigenvalue weighted by Crippen LogP contribution is -2.55. The highest BCUT2D eigenvalue weighted by atomic mass is 127. The number of aryl methyl sites for hydroxylation is 1. The second kappa shape index (κ2) is 11.9. The molecule has 1 aromatic carbocycles. The van der Waals surface area contributed by atoms with Crippen LogP contribution < -0.4 is 10.6 Å². The number of likely N-dealkylation sites (tertiary alicyclic amines) is 1. The Balaban J connectivity index is 0.00000341. The quantitative estimate of drug-likeness (QED) is 0.299. The first-order valence-electron chi connectivity index (χ1n) is 11.3. The molecule has 6 nitrogen and oxygen atoms in total. The topological polar surface area (TPSA) is 57.5 Å². The Hall–Kier alpha value is -1.61. The number of hydrogen-bond donors (Lipinski definition) is 2. The van der Waals surface area contributed by atoms with E-state index in [0.717, 1.165) is 44.9 Å². The Labute approximate surface area is 204 Å². The van der Waals surface area contributed by atoms with Crippen molar-refractivity contribution >= 4 is 29.9 Å². The molecule has 0 radical (unpaired) electrons. The molecule has 1 aliphatic rings. The van der Waals surface area contributed by atoms with Crippen LogP contribution in [-0.4, -0.2) is 52.9 Å². The van der Waals surface area contributed by atoms with Gasteiger partial charge in [-0.25, -0.2) is 0 Å². The minimum atomic E-state index is 0. The first kappa shape index (κ1) is 25.6. The summed E-state index contributed by atoms with van der Waals surface area (Å²) in [6.45, 7) is 9.67. The molecule has 3 rings (SSSR count). The molecule has 0 bridgehead atoms. The van der Waals surface area contributed by atoms with Crippen LogP contribution in [0.25, 0.3) is 0 Å². The molecule has 172 valence electrons. The highest BCUT2D eigenvalue weighted by Crippen LogP contribution is 2.27. The predicted molar refractivity (Wildman–Crippen MR) is 140 cm³/mol. The van der Waals surface area contributed by atoms with E-state index in [1.54, 1.807) is 0 Å².